The van der Waals surface area contributed by atoms with Crippen molar-refractivity contribution in [2.45, 2.75) is 26.3 Å². The molecule has 5 nitrogen and oxygen atoms in total. The first-order valence-electron chi connectivity index (χ1n) is 8.54. The Hall–Kier alpha value is -2.47. The van der Waals surface area contributed by atoms with Gasteiger partial charge in [0.05, 0.1) is 11.6 Å². The predicted octanol–water partition coefficient (Wildman–Crippen LogP) is 4.06. The Labute approximate surface area is 159 Å². The van der Waals surface area contributed by atoms with Crippen LogP contribution in [0, 0.1) is 0 Å². The molecule has 0 saturated heterocycles. The Morgan fingerprint density at radius 3 is 2.81 bits per heavy atom. The second kappa shape index (κ2) is 6.36. The number of ketones is 1. The van der Waals surface area contributed by atoms with Crippen molar-refractivity contribution < 1.29 is 9.59 Å². The van der Waals surface area contributed by atoms with Gasteiger partial charge in [0.25, 0.3) is 5.91 Å². The lowest BCUT2D eigenvalue weighted by atomic mass is 9.88. The SMILES string of the molecule is CC(=O)c1cccc2c1CCN(C(=O)c1cc3ccc(Br)cn3n1)C2C. The van der Waals surface area contributed by atoms with Crippen LogP contribution in [-0.4, -0.2) is 32.7 Å². The molecule has 26 heavy (non-hydrogen) atoms. The summed E-state index contributed by atoms with van der Waals surface area (Å²) in [7, 11) is 0. The maximum absolute atomic E-state index is 13.1. The second-order valence-corrected chi connectivity index (χ2v) is 7.52. The van der Waals surface area contributed by atoms with Crippen molar-refractivity contribution in [3.8, 4) is 0 Å². The number of hydrogen-bond acceptors (Lipinski definition) is 3. The molecule has 1 unspecified atom stereocenters. The highest BCUT2D eigenvalue weighted by Gasteiger charge is 2.31. The van der Waals surface area contributed by atoms with Crippen LogP contribution in [0.5, 0.6) is 0 Å². The Kier molecular flexibility index (Phi) is 4.15. The summed E-state index contributed by atoms with van der Waals surface area (Å²) in [6, 6.07) is 11.3. The van der Waals surface area contributed by atoms with E-state index in [-0.39, 0.29) is 17.7 Å². The number of hydrogen-bond donors (Lipinski definition) is 0. The van der Waals surface area contributed by atoms with Gasteiger partial charge in [0.15, 0.2) is 11.5 Å². The standard InChI is InChI=1S/C20H18BrN3O2/c1-12-16-4-3-5-17(13(2)25)18(16)8-9-23(12)20(26)19-10-15-7-6-14(21)11-24(15)22-19/h3-7,10-12H,8-9H2,1-2H3. The minimum absolute atomic E-state index is 0.0692. The lowest BCUT2D eigenvalue weighted by Crippen LogP contribution is -2.39. The first-order chi connectivity index (χ1) is 12.5. The van der Waals surface area contributed by atoms with E-state index < -0.39 is 0 Å². The van der Waals surface area contributed by atoms with Crippen molar-refractivity contribution in [1.82, 2.24) is 14.5 Å². The van der Waals surface area contributed by atoms with E-state index in [4.69, 9.17) is 0 Å². The lowest BCUT2D eigenvalue weighted by molar-refractivity contribution is 0.0671. The van der Waals surface area contributed by atoms with Gasteiger partial charge >= 0.3 is 0 Å². The molecule has 132 valence electrons. The van der Waals surface area contributed by atoms with Crippen molar-refractivity contribution in [1.29, 1.82) is 0 Å². The van der Waals surface area contributed by atoms with E-state index in [0.29, 0.717) is 18.7 Å². The third kappa shape index (κ3) is 2.74. The fraction of sp³-hybridized carbons (Fsp3) is 0.250. The Balaban J connectivity index is 1.69. The normalized spacial score (nSPS) is 16.6. The van der Waals surface area contributed by atoms with Gasteiger partial charge in [0.2, 0.25) is 0 Å². The monoisotopic (exact) mass is 411 g/mol. The van der Waals surface area contributed by atoms with Crippen molar-refractivity contribution in [2.24, 2.45) is 0 Å². The Bertz CT molecular complexity index is 1040. The smallest absolute Gasteiger partial charge is 0.274 e. The number of rotatable bonds is 2. The highest BCUT2D eigenvalue weighted by atomic mass is 79.9. The minimum Gasteiger partial charge on any atom is -0.330 e. The van der Waals surface area contributed by atoms with Crippen molar-refractivity contribution in [2.75, 3.05) is 6.54 Å². The number of halogens is 1. The maximum Gasteiger partial charge on any atom is 0.274 e. The van der Waals surface area contributed by atoms with E-state index in [0.717, 1.165) is 26.7 Å². The molecule has 0 spiro atoms. The molecule has 3 heterocycles. The predicted molar refractivity (Wildman–Crippen MR) is 102 cm³/mol. The van der Waals surface area contributed by atoms with E-state index in [2.05, 4.69) is 21.0 Å². The number of aromatic nitrogens is 2. The highest BCUT2D eigenvalue weighted by Crippen LogP contribution is 2.32. The average molecular weight is 412 g/mol. The first-order valence-corrected chi connectivity index (χ1v) is 9.33. The molecule has 1 atom stereocenters. The van der Waals surface area contributed by atoms with Crippen molar-refractivity contribution >= 4 is 33.1 Å². The van der Waals surface area contributed by atoms with E-state index in [9.17, 15) is 9.59 Å². The second-order valence-electron chi connectivity index (χ2n) is 6.60. The van der Waals surface area contributed by atoms with Crippen LogP contribution in [-0.2, 0) is 6.42 Å². The largest absolute Gasteiger partial charge is 0.330 e. The van der Waals surface area contributed by atoms with Crippen LogP contribution in [0.3, 0.4) is 0 Å². The molecule has 1 aliphatic heterocycles. The molecular weight excluding hydrogens is 394 g/mol. The van der Waals surface area contributed by atoms with E-state index >= 15 is 0 Å². The molecule has 0 bridgehead atoms. The van der Waals surface area contributed by atoms with Crippen LogP contribution in [0.15, 0.2) is 47.1 Å². The summed E-state index contributed by atoms with van der Waals surface area (Å²) in [5, 5.41) is 4.43. The molecule has 2 aromatic heterocycles. The summed E-state index contributed by atoms with van der Waals surface area (Å²) in [5.74, 6) is -0.0176. The number of carbonyl (C=O) groups is 2. The summed E-state index contributed by atoms with van der Waals surface area (Å²) < 4.78 is 2.61. The number of Topliss-reactive ketones (excluding diaryl/α,β-unsaturated/α-hetero) is 1. The Morgan fingerprint density at radius 2 is 2.04 bits per heavy atom. The third-order valence-corrected chi connectivity index (χ3v) is 5.48. The summed E-state index contributed by atoms with van der Waals surface area (Å²) >= 11 is 3.42. The third-order valence-electron chi connectivity index (χ3n) is 5.02. The molecular formula is C20H18BrN3O2. The van der Waals surface area contributed by atoms with Crippen molar-refractivity contribution in [3.63, 3.8) is 0 Å². The van der Waals surface area contributed by atoms with Gasteiger partial charge < -0.3 is 4.90 Å². The number of carbonyl (C=O) groups excluding carboxylic acids is 2. The number of fused-ring (bicyclic) bond motifs is 2. The molecule has 0 radical (unpaired) electrons. The van der Waals surface area contributed by atoms with Crippen LogP contribution in [0.4, 0.5) is 0 Å². The number of benzene rings is 1. The van der Waals surface area contributed by atoms with Gasteiger partial charge in [-0.1, -0.05) is 18.2 Å². The fourth-order valence-corrected chi connectivity index (χ4v) is 4.02. The van der Waals surface area contributed by atoms with Crippen LogP contribution in [0.2, 0.25) is 0 Å². The molecule has 0 aliphatic carbocycles. The first kappa shape index (κ1) is 17.0. The minimum atomic E-state index is -0.0953. The van der Waals surface area contributed by atoms with Crippen LogP contribution >= 0.6 is 15.9 Å². The zero-order valence-electron chi connectivity index (χ0n) is 14.6. The molecule has 4 rings (SSSR count). The van der Waals surface area contributed by atoms with Gasteiger partial charge in [0, 0.05) is 22.8 Å². The zero-order valence-corrected chi connectivity index (χ0v) is 16.2. The van der Waals surface area contributed by atoms with E-state index in [1.807, 2.05) is 54.4 Å². The zero-order chi connectivity index (χ0) is 18.4. The van der Waals surface area contributed by atoms with E-state index in [1.54, 1.807) is 11.4 Å². The molecule has 1 amide bonds. The average Bonchev–Trinajstić information content (AvgIpc) is 3.04. The molecule has 6 heteroatoms. The maximum atomic E-state index is 13.1. The summed E-state index contributed by atoms with van der Waals surface area (Å²) in [6.45, 7) is 4.17. The van der Waals surface area contributed by atoms with Gasteiger partial charge in [0.1, 0.15) is 0 Å². The number of nitrogens with zero attached hydrogens (tertiary/aromatic N) is 3. The van der Waals surface area contributed by atoms with Crippen LogP contribution in [0.25, 0.3) is 5.52 Å². The number of amides is 1. The van der Waals surface area contributed by atoms with Gasteiger partial charge in [-0.05, 0) is 65.5 Å². The van der Waals surface area contributed by atoms with E-state index in [1.165, 1.54) is 0 Å². The summed E-state index contributed by atoms with van der Waals surface area (Å²) in [6.07, 6.45) is 2.51. The quantitative estimate of drug-likeness (QED) is 0.597. The molecule has 3 aromatic rings. The van der Waals surface area contributed by atoms with Gasteiger partial charge in [-0.25, -0.2) is 4.52 Å². The molecule has 0 saturated carbocycles. The summed E-state index contributed by atoms with van der Waals surface area (Å²) in [5.41, 5.74) is 4.18. The summed E-state index contributed by atoms with van der Waals surface area (Å²) in [4.78, 5) is 26.8. The number of pyridine rings is 1. The lowest BCUT2D eigenvalue weighted by Gasteiger charge is -2.35. The van der Waals surface area contributed by atoms with Crippen LogP contribution in [0.1, 0.15) is 51.9 Å². The molecule has 0 N–H and O–H groups in total. The highest BCUT2D eigenvalue weighted by molar-refractivity contribution is 9.10. The van der Waals surface area contributed by atoms with Crippen molar-refractivity contribution in [3.05, 3.63) is 69.5 Å². The van der Waals surface area contributed by atoms with Gasteiger partial charge in [-0.2, -0.15) is 5.10 Å². The van der Waals surface area contributed by atoms with Gasteiger partial charge in [-0.15, -0.1) is 0 Å². The van der Waals surface area contributed by atoms with Gasteiger partial charge in [-0.3, -0.25) is 9.59 Å². The topological polar surface area (TPSA) is 54.7 Å². The molecule has 0 fully saturated rings. The molecule has 1 aromatic carbocycles. The fourth-order valence-electron chi connectivity index (χ4n) is 3.69. The Morgan fingerprint density at radius 1 is 1.23 bits per heavy atom. The molecule has 1 aliphatic rings. The van der Waals surface area contributed by atoms with Crippen LogP contribution < -0.4 is 0 Å².